The van der Waals surface area contributed by atoms with E-state index in [0.29, 0.717) is 0 Å². The molecule has 0 heterocycles. The average Bonchev–Trinajstić information content (AvgIpc) is 1.37. The Balaban J connectivity index is 2.55. The first-order chi connectivity index (χ1) is 1.91. The molecule has 0 radical (unpaired) electrons. The van der Waals surface area contributed by atoms with Crippen molar-refractivity contribution in [1.82, 2.24) is 0 Å². The average molecular weight is 233 g/mol. The van der Waals surface area contributed by atoms with Crippen molar-refractivity contribution in [3.8, 4) is 0 Å². The summed E-state index contributed by atoms with van der Waals surface area (Å²) < 4.78 is 1.89. The molecule has 0 saturated carbocycles. The van der Waals surface area contributed by atoms with Crippen molar-refractivity contribution < 1.29 is 0 Å². The second-order valence-corrected chi connectivity index (χ2v) is 1.50. The summed E-state index contributed by atoms with van der Waals surface area (Å²) in [5, 5.41) is 0. The summed E-state index contributed by atoms with van der Waals surface area (Å²) in [6.45, 7) is 0. The fourth-order valence-electron chi connectivity index (χ4n) is 0. The molecule has 24 valence electrons. The van der Waals surface area contributed by atoms with Crippen LogP contribution in [0.1, 0.15) is 0 Å². The Morgan fingerprint density at radius 2 is 2.00 bits per heavy atom. The highest BCUT2D eigenvalue weighted by molar-refractivity contribution is 14.1. The summed E-state index contributed by atoms with van der Waals surface area (Å²) in [6, 6.07) is 0. The Morgan fingerprint density at radius 3 is 2.00 bits per heavy atom. The molecule has 0 nitrogen and oxygen atoms in total. The third-order valence-electron chi connectivity index (χ3n) is 0.0476. The molecule has 2 heteroatoms. The van der Waals surface area contributed by atoms with Crippen LogP contribution in [0.5, 0.6) is 0 Å². The fraction of sp³-hybridized carbons (Fsp3) is 0. The SMILES string of the molecule is BrC=CI. The van der Waals surface area contributed by atoms with Crippen molar-refractivity contribution in [2.75, 3.05) is 0 Å². The van der Waals surface area contributed by atoms with Gasteiger partial charge in [0.1, 0.15) is 0 Å². The molecule has 0 aromatic carbocycles. The molecule has 0 aromatic heterocycles. The van der Waals surface area contributed by atoms with Crippen LogP contribution in [0.4, 0.5) is 0 Å². The third-order valence-corrected chi connectivity index (χ3v) is 1.66. The summed E-state index contributed by atoms with van der Waals surface area (Å²) in [6.07, 6.45) is 0. The van der Waals surface area contributed by atoms with Crippen molar-refractivity contribution in [1.29, 1.82) is 0 Å². The van der Waals surface area contributed by atoms with Gasteiger partial charge in [-0.05, 0) is 9.07 Å². The number of rotatable bonds is 0. The van der Waals surface area contributed by atoms with Crippen molar-refractivity contribution in [2.24, 2.45) is 0 Å². The fourth-order valence-corrected chi connectivity index (χ4v) is 0. The van der Waals surface area contributed by atoms with E-state index < -0.39 is 0 Å². The molecule has 0 amide bonds. The summed E-state index contributed by atoms with van der Waals surface area (Å²) in [4.78, 5) is 1.80. The first-order valence-corrected chi connectivity index (χ1v) is 2.93. The summed E-state index contributed by atoms with van der Waals surface area (Å²) >= 11 is 5.18. The molecule has 4 heavy (non-hydrogen) atoms. The number of hydrogen-bond acceptors (Lipinski definition) is 0. The summed E-state index contributed by atoms with van der Waals surface area (Å²) in [5.74, 6) is 0. The van der Waals surface area contributed by atoms with Crippen LogP contribution in [-0.4, -0.2) is 0 Å². The molecular weight excluding hydrogens is 231 g/mol. The van der Waals surface area contributed by atoms with Gasteiger partial charge in [-0.1, -0.05) is 38.5 Å². The van der Waals surface area contributed by atoms with Gasteiger partial charge in [-0.2, -0.15) is 0 Å². The number of hydrogen-bond donors (Lipinski definition) is 0. The minimum absolute atomic E-state index is 1.80. The number of halogens is 2. The van der Waals surface area contributed by atoms with Gasteiger partial charge in [-0.25, -0.2) is 0 Å². The first-order valence-electron chi connectivity index (χ1n) is 0.770. The van der Waals surface area contributed by atoms with E-state index in [1.165, 1.54) is 0 Å². The van der Waals surface area contributed by atoms with Crippen LogP contribution in [-0.2, 0) is 0 Å². The highest BCUT2D eigenvalue weighted by atomic mass is 127. The Hall–Kier alpha value is 0.950. The standard InChI is InChI=1S/C2H2BrI/c3-1-2-4/h1-2H. The van der Waals surface area contributed by atoms with Gasteiger partial charge in [-0.3, -0.25) is 0 Å². The molecule has 0 aliphatic rings. The van der Waals surface area contributed by atoms with E-state index >= 15 is 0 Å². The molecule has 0 aliphatic heterocycles. The minimum atomic E-state index is 1.80. The van der Waals surface area contributed by atoms with Gasteiger partial charge in [0.15, 0.2) is 0 Å². The maximum absolute atomic E-state index is 3.06. The van der Waals surface area contributed by atoms with Crippen molar-refractivity contribution in [2.45, 2.75) is 0 Å². The van der Waals surface area contributed by atoms with Crippen LogP contribution in [0.2, 0.25) is 0 Å². The second-order valence-electron chi connectivity index (χ2n) is 0.252. The Bertz CT molecular complexity index is 21.2. The van der Waals surface area contributed by atoms with Gasteiger partial charge in [0.2, 0.25) is 0 Å². The smallest absolute Gasteiger partial charge is 0.0128 e. The predicted molar refractivity (Wildman–Crippen MR) is 32.1 cm³/mol. The topological polar surface area (TPSA) is 0 Å². The van der Waals surface area contributed by atoms with Crippen LogP contribution in [0.25, 0.3) is 0 Å². The summed E-state index contributed by atoms with van der Waals surface area (Å²) in [5.41, 5.74) is 0. The van der Waals surface area contributed by atoms with Gasteiger partial charge in [0.05, 0.1) is 0 Å². The Kier molecular flexibility index (Phi) is 4.89. The molecule has 0 fully saturated rings. The van der Waals surface area contributed by atoms with E-state index in [0.717, 1.165) is 0 Å². The molecule has 0 aliphatic carbocycles. The van der Waals surface area contributed by atoms with Crippen LogP contribution < -0.4 is 0 Å². The zero-order valence-electron chi connectivity index (χ0n) is 1.91. The van der Waals surface area contributed by atoms with Gasteiger partial charge in [-0.15, -0.1) is 0 Å². The molecule has 0 atom stereocenters. The maximum atomic E-state index is 3.06. The largest absolute Gasteiger partial charge is 0.0590 e. The molecule has 0 aromatic rings. The van der Waals surface area contributed by atoms with Gasteiger partial charge >= 0.3 is 0 Å². The molecular formula is C2H2BrI. The van der Waals surface area contributed by atoms with E-state index in [9.17, 15) is 0 Å². The highest BCUT2D eigenvalue weighted by Crippen LogP contribution is 1.87. The van der Waals surface area contributed by atoms with Crippen LogP contribution in [0.3, 0.4) is 0 Å². The Morgan fingerprint density at radius 1 is 1.75 bits per heavy atom. The lowest BCUT2D eigenvalue weighted by Gasteiger charge is -1.44. The van der Waals surface area contributed by atoms with Gasteiger partial charge in [0.25, 0.3) is 0 Å². The minimum Gasteiger partial charge on any atom is -0.0590 e. The monoisotopic (exact) mass is 232 g/mol. The molecule has 0 unspecified atom stereocenters. The normalized spacial score (nSPS) is 9.50. The van der Waals surface area contributed by atoms with Crippen molar-refractivity contribution >= 4 is 38.5 Å². The second kappa shape index (κ2) is 3.95. The molecule has 0 saturated heterocycles. The molecule has 0 spiro atoms. The quantitative estimate of drug-likeness (QED) is 0.563. The van der Waals surface area contributed by atoms with Crippen molar-refractivity contribution in [3.05, 3.63) is 9.07 Å². The lowest BCUT2D eigenvalue weighted by Crippen LogP contribution is -1.07. The zero-order valence-corrected chi connectivity index (χ0v) is 5.65. The maximum Gasteiger partial charge on any atom is -0.0128 e. The zero-order chi connectivity index (χ0) is 3.41. The van der Waals surface area contributed by atoms with Gasteiger partial charge < -0.3 is 0 Å². The third kappa shape index (κ3) is 2.95. The summed E-state index contributed by atoms with van der Waals surface area (Å²) in [7, 11) is 0. The van der Waals surface area contributed by atoms with Crippen LogP contribution >= 0.6 is 38.5 Å². The van der Waals surface area contributed by atoms with Crippen molar-refractivity contribution in [3.63, 3.8) is 0 Å². The predicted octanol–water partition coefficient (Wildman–Crippen LogP) is 2.29. The lowest BCUT2D eigenvalue weighted by atomic mass is 11.3. The highest BCUT2D eigenvalue weighted by Gasteiger charge is 1.39. The van der Waals surface area contributed by atoms with E-state index in [1.54, 1.807) is 4.99 Å². The van der Waals surface area contributed by atoms with E-state index in [4.69, 9.17) is 0 Å². The molecule has 0 rings (SSSR count). The first kappa shape index (κ1) is 4.95. The molecule has 0 N–H and O–H groups in total. The van der Waals surface area contributed by atoms with Gasteiger partial charge in [0, 0.05) is 0 Å². The van der Waals surface area contributed by atoms with Crippen LogP contribution in [0.15, 0.2) is 9.07 Å². The lowest BCUT2D eigenvalue weighted by molar-refractivity contribution is 2.68. The van der Waals surface area contributed by atoms with E-state index in [2.05, 4.69) is 38.5 Å². The Labute approximate surface area is 47.5 Å². The van der Waals surface area contributed by atoms with E-state index in [1.807, 2.05) is 4.08 Å². The molecule has 0 bridgehead atoms. The van der Waals surface area contributed by atoms with Crippen LogP contribution in [0, 0.1) is 0 Å². The van der Waals surface area contributed by atoms with E-state index in [-0.39, 0.29) is 0 Å².